The number of nitrogens with one attached hydrogen (secondary N) is 1. The molecule has 1 aliphatic rings. The van der Waals surface area contributed by atoms with Crippen molar-refractivity contribution in [1.82, 2.24) is 29.4 Å². The van der Waals surface area contributed by atoms with Crippen LogP contribution >= 0.6 is 11.6 Å². The van der Waals surface area contributed by atoms with Crippen molar-refractivity contribution in [2.75, 3.05) is 36.9 Å². The van der Waals surface area contributed by atoms with Crippen molar-refractivity contribution in [1.29, 1.82) is 0 Å². The fourth-order valence-electron chi connectivity index (χ4n) is 3.66. The van der Waals surface area contributed by atoms with Gasteiger partial charge in [0.15, 0.2) is 17.0 Å². The van der Waals surface area contributed by atoms with Crippen molar-refractivity contribution in [2.24, 2.45) is 0 Å². The van der Waals surface area contributed by atoms with Gasteiger partial charge in [0.25, 0.3) is 0 Å². The van der Waals surface area contributed by atoms with Crippen molar-refractivity contribution < 1.29 is 0 Å². The Morgan fingerprint density at radius 3 is 2.83 bits per heavy atom. The molecule has 3 aromatic rings. The summed E-state index contributed by atoms with van der Waals surface area (Å²) in [5.74, 6) is 1.66. The summed E-state index contributed by atoms with van der Waals surface area (Å²) in [5, 5.41) is 3.62. The highest BCUT2D eigenvalue weighted by molar-refractivity contribution is 6.28. The molecule has 9 heteroatoms. The first-order valence-corrected chi connectivity index (χ1v) is 10.3. The normalized spacial score (nSPS) is 18.0. The summed E-state index contributed by atoms with van der Waals surface area (Å²) in [6, 6.07) is 4.80. The molecular weight excluding hydrogens is 388 g/mol. The third-order valence-electron chi connectivity index (χ3n) is 5.52. The van der Waals surface area contributed by atoms with Gasteiger partial charge in [0, 0.05) is 50.0 Å². The van der Waals surface area contributed by atoms with Crippen LogP contribution in [0.2, 0.25) is 5.28 Å². The summed E-state index contributed by atoms with van der Waals surface area (Å²) in [6.07, 6.45) is 3.64. The smallest absolute Gasteiger partial charge is 0.226 e. The SMILES string of the molecule is CC(C)n1cnc2c(NCc3cccnc3N3CCN(C)[C@@H](C)C3)nc(Cl)nc21. The highest BCUT2D eigenvalue weighted by atomic mass is 35.5. The van der Waals surface area contributed by atoms with E-state index in [1.165, 1.54) is 0 Å². The number of imidazole rings is 1. The third-order valence-corrected chi connectivity index (χ3v) is 5.69. The van der Waals surface area contributed by atoms with Gasteiger partial charge in [0.05, 0.1) is 6.33 Å². The van der Waals surface area contributed by atoms with Crippen LogP contribution in [0.1, 0.15) is 32.4 Å². The number of nitrogens with zero attached hydrogens (tertiary/aromatic N) is 7. The second kappa shape index (κ2) is 8.12. The molecule has 1 saturated heterocycles. The molecule has 154 valence electrons. The van der Waals surface area contributed by atoms with Crippen LogP contribution in [0.3, 0.4) is 0 Å². The molecule has 4 heterocycles. The Hall–Kier alpha value is -2.45. The molecule has 1 aliphatic heterocycles. The average Bonchev–Trinajstić information content (AvgIpc) is 3.12. The average molecular weight is 415 g/mol. The number of fused-ring (bicyclic) bond motifs is 1. The Kier molecular flexibility index (Phi) is 5.56. The van der Waals surface area contributed by atoms with E-state index in [0.29, 0.717) is 18.4 Å². The summed E-state index contributed by atoms with van der Waals surface area (Å²) in [6.45, 7) is 9.96. The lowest BCUT2D eigenvalue weighted by molar-refractivity contribution is 0.233. The Morgan fingerprint density at radius 1 is 1.24 bits per heavy atom. The summed E-state index contributed by atoms with van der Waals surface area (Å²) in [4.78, 5) is 22.7. The molecule has 3 aromatic heterocycles. The number of hydrogen-bond donors (Lipinski definition) is 1. The van der Waals surface area contributed by atoms with E-state index in [0.717, 1.165) is 42.2 Å². The predicted molar refractivity (Wildman–Crippen MR) is 117 cm³/mol. The largest absolute Gasteiger partial charge is 0.364 e. The first-order valence-electron chi connectivity index (χ1n) is 9.97. The minimum atomic E-state index is 0.210. The monoisotopic (exact) mass is 414 g/mol. The molecule has 8 nitrogen and oxygen atoms in total. The molecule has 0 bridgehead atoms. The van der Waals surface area contributed by atoms with E-state index in [9.17, 15) is 0 Å². The number of hydrogen-bond acceptors (Lipinski definition) is 7. The maximum Gasteiger partial charge on any atom is 0.226 e. The van der Waals surface area contributed by atoms with Crippen LogP contribution in [0, 0.1) is 0 Å². The molecule has 0 saturated carbocycles. The molecule has 1 fully saturated rings. The molecule has 29 heavy (non-hydrogen) atoms. The van der Waals surface area contributed by atoms with Crippen LogP contribution in [-0.4, -0.2) is 62.1 Å². The molecule has 0 unspecified atom stereocenters. The molecule has 1 atom stereocenters. The fourth-order valence-corrected chi connectivity index (χ4v) is 3.83. The van der Waals surface area contributed by atoms with E-state index in [-0.39, 0.29) is 11.3 Å². The molecule has 4 rings (SSSR count). The van der Waals surface area contributed by atoms with Gasteiger partial charge in [0.2, 0.25) is 5.28 Å². The summed E-state index contributed by atoms with van der Waals surface area (Å²) >= 11 is 6.19. The topological polar surface area (TPSA) is 75.0 Å². The van der Waals surface area contributed by atoms with Crippen LogP contribution in [0.5, 0.6) is 0 Å². The molecule has 0 aliphatic carbocycles. The van der Waals surface area contributed by atoms with Crippen molar-refractivity contribution in [2.45, 2.75) is 39.4 Å². The van der Waals surface area contributed by atoms with E-state index in [1.54, 1.807) is 6.33 Å². The minimum absolute atomic E-state index is 0.210. The van der Waals surface area contributed by atoms with Crippen molar-refractivity contribution in [3.8, 4) is 0 Å². The van der Waals surface area contributed by atoms with Gasteiger partial charge in [-0.05, 0) is 45.5 Å². The lowest BCUT2D eigenvalue weighted by Crippen LogP contribution is -2.50. The Labute approximate surface area is 175 Å². The standard InChI is InChI=1S/C20H27ClN8/c1-13(2)29-12-24-16-17(25-20(21)26-19(16)29)23-10-15-6-5-7-22-18(15)28-9-8-27(4)14(3)11-28/h5-7,12-14H,8-11H2,1-4H3,(H,23,25,26)/t14-/m0/s1. The van der Waals surface area contributed by atoms with E-state index in [2.05, 4.69) is 68.9 Å². The van der Waals surface area contributed by atoms with Gasteiger partial charge in [-0.15, -0.1) is 0 Å². The number of aromatic nitrogens is 5. The van der Waals surface area contributed by atoms with E-state index in [4.69, 9.17) is 11.6 Å². The maximum atomic E-state index is 6.19. The third kappa shape index (κ3) is 4.00. The van der Waals surface area contributed by atoms with Crippen LogP contribution in [0.4, 0.5) is 11.6 Å². The lowest BCUT2D eigenvalue weighted by atomic mass is 10.1. The Morgan fingerprint density at radius 2 is 2.07 bits per heavy atom. The molecule has 0 radical (unpaired) electrons. The number of halogens is 1. The van der Waals surface area contributed by atoms with E-state index < -0.39 is 0 Å². The first kappa shape index (κ1) is 19.8. The molecule has 0 aromatic carbocycles. The lowest BCUT2D eigenvalue weighted by Gasteiger charge is -2.39. The number of likely N-dealkylation sites (N-methyl/N-ethyl adjacent to an activating group) is 1. The zero-order chi connectivity index (χ0) is 20.5. The van der Waals surface area contributed by atoms with Crippen molar-refractivity contribution in [3.63, 3.8) is 0 Å². The highest BCUT2D eigenvalue weighted by Gasteiger charge is 2.23. The van der Waals surface area contributed by atoms with Gasteiger partial charge in [-0.2, -0.15) is 9.97 Å². The molecule has 0 spiro atoms. The Balaban J connectivity index is 1.59. The van der Waals surface area contributed by atoms with Crippen LogP contribution in [0.25, 0.3) is 11.2 Å². The van der Waals surface area contributed by atoms with Crippen LogP contribution < -0.4 is 10.2 Å². The minimum Gasteiger partial charge on any atom is -0.364 e. The number of pyridine rings is 1. The van der Waals surface area contributed by atoms with Gasteiger partial charge >= 0.3 is 0 Å². The van der Waals surface area contributed by atoms with Gasteiger partial charge in [-0.3, -0.25) is 0 Å². The summed E-state index contributed by atoms with van der Waals surface area (Å²) in [5.41, 5.74) is 2.58. The van der Waals surface area contributed by atoms with Gasteiger partial charge in [-0.25, -0.2) is 9.97 Å². The number of piperazine rings is 1. The molecule has 0 amide bonds. The number of rotatable bonds is 5. The zero-order valence-electron chi connectivity index (χ0n) is 17.3. The first-order chi connectivity index (χ1) is 13.9. The molecule has 1 N–H and O–H groups in total. The van der Waals surface area contributed by atoms with Crippen LogP contribution in [-0.2, 0) is 6.54 Å². The maximum absolute atomic E-state index is 6.19. The zero-order valence-corrected chi connectivity index (χ0v) is 18.1. The fraction of sp³-hybridized carbons (Fsp3) is 0.500. The van der Waals surface area contributed by atoms with Gasteiger partial charge < -0.3 is 19.7 Å². The highest BCUT2D eigenvalue weighted by Crippen LogP contribution is 2.25. The second-order valence-electron chi connectivity index (χ2n) is 7.87. The van der Waals surface area contributed by atoms with Crippen LogP contribution in [0.15, 0.2) is 24.7 Å². The quantitative estimate of drug-likeness (QED) is 0.642. The summed E-state index contributed by atoms with van der Waals surface area (Å²) in [7, 11) is 2.17. The van der Waals surface area contributed by atoms with Crippen molar-refractivity contribution >= 4 is 34.4 Å². The van der Waals surface area contributed by atoms with Gasteiger partial charge in [0.1, 0.15) is 5.82 Å². The molecular formula is C20H27ClN8. The summed E-state index contributed by atoms with van der Waals surface area (Å²) < 4.78 is 2.00. The van der Waals surface area contributed by atoms with Gasteiger partial charge in [-0.1, -0.05) is 6.07 Å². The van der Waals surface area contributed by atoms with E-state index in [1.807, 2.05) is 16.8 Å². The predicted octanol–water partition coefficient (Wildman–Crippen LogP) is 3.21. The Bertz CT molecular complexity index is 1000. The second-order valence-corrected chi connectivity index (χ2v) is 8.21. The number of anilines is 2. The van der Waals surface area contributed by atoms with Crippen molar-refractivity contribution in [3.05, 3.63) is 35.5 Å². The van der Waals surface area contributed by atoms with E-state index >= 15 is 0 Å².